The second kappa shape index (κ2) is 7.01. The Morgan fingerprint density at radius 1 is 1.08 bits per heavy atom. The smallest absolute Gasteiger partial charge is 0.415 e. The van der Waals surface area contributed by atoms with E-state index in [2.05, 4.69) is 0 Å². The van der Waals surface area contributed by atoms with Crippen LogP contribution in [0.15, 0.2) is 54.3 Å². The normalized spacial score (nSPS) is 17.8. The molecular formula is C20H17NO5. The van der Waals surface area contributed by atoms with E-state index in [4.69, 9.17) is 14.2 Å². The zero-order chi connectivity index (χ0) is 17.9. The zero-order valence-electron chi connectivity index (χ0n) is 14.0. The lowest BCUT2D eigenvalue weighted by atomic mass is 10.1. The molecule has 1 saturated heterocycles. The summed E-state index contributed by atoms with van der Waals surface area (Å²) in [7, 11) is 0. The maximum absolute atomic E-state index is 12.5. The molecule has 2 aliphatic rings. The Morgan fingerprint density at radius 3 is 2.62 bits per heavy atom. The Morgan fingerprint density at radius 2 is 1.85 bits per heavy atom. The van der Waals surface area contributed by atoms with E-state index < -0.39 is 6.09 Å². The molecule has 2 aromatic carbocycles. The molecule has 0 saturated carbocycles. The lowest BCUT2D eigenvalue weighted by Crippen LogP contribution is -2.42. The first-order valence-corrected chi connectivity index (χ1v) is 8.38. The van der Waals surface area contributed by atoms with Gasteiger partial charge in [0.15, 0.2) is 5.76 Å². The number of hydrogen-bond acceptors (Lipinski definition) is 5. The second-order valence-electron chi connectivity index (χ2n) is 5.98. The molecule has 0 spiro atoms. The molecule has 0 radical (unpaired) electrons. The summed E-state index contributed by atoms with van der Waals surface area (Å²) < 4.78 is 16.3. The molecule has 2 heterocycles. The molecule has 0 bridgehead atoms. The lowest BCUT2D eigenvalue weighted by molar-refractivity contribution is 0.0416. The Bertz CT molecular complexity index is 869. The van der Waals surface area contributed by atoms with Crippen LogP contribution in [0.5, 0.6) is 11.5 Å². The van der Waals surface area contributed by atoms with Crippen LogP contribution in [0.25, 0.3) is 6.08 Å². The van der Waals surface area contributed by atoms with Gasteiger partial charge in [-0.15, -0.1) is 0 Å². The van der Waals surface area contributed by atoms with Gasteiger partial charge in [-0.1, -0.05) is 30.3 Å². The molecular weight excluding hydrogens is 334 g/mol. The van der Waals surface area contributed by atoms with Gasteiger partial charge in [0, 0.05) is 19.2 Å². The van der Waals surface area contributed by atoms with Crippen molar-refractivity contribution in [3.05, 3.63) is 65.4 Å². The van der Waals surface area contributed by atoms with Crippen LogP contribution in [-0.4, -0.2) is 43.1 Å². The van der Waals surface area contributed by atoms with Gasteiger partial charge in [0.25, 0.3) is 0 Å². The molecule has 0 atom stereocenters. The van der Waals surface area contributed by atoms with Crippen LogP contribution in [-0.2, 0) is 4.74 Å². The number of fused-ring (bicyclic) bond motifs is 1. The van der Waals surface area contributed by atoms with Crippen molar-refractivity contribution in [2.45, 2.75) is 0 Å². The third kappa shape index (κ3) is 3.32. The van der Waals surface area contributed by atoms with Crippen LogP contribution >= 0.6 is 0 Å². The molecule has 0 N–H and O–H groups in total. The fourth-order valence-corrected chi connectivity index (χ4v) is 2.84. The molecule has 1 amide bonds. The molecule has 2 aliphatic heterocycles. The number of Topliss-reactive ketones (excluding diaryl/α,β-unsaturated/α-hetero) is 1. The highest BCUT2D eigenvalue weighted by atomic mass is 16.6. The molecule has 0 aliphatic carbocycles. The van der Waals surface area contributed by atoms with Crippen molar-refractivity contribution in [2.75, 3.05) is 26.3 Å². The summed E-state index contributed by atoms with van der Waals surface area (Å²) in [4.78, 5) is 26.2. The van der Waals surface area contributed by atoms with Crippen molar-refractivity contribution in [1.29, 1.82) is 0 Å². The maximum Gasteiger partial charge on any atom is 0.415 e. The van der Waals surface area contributed by atoms with Gasteiger partial charge in [0.1, 0.15) is 11.5 Å². The third-order valence-corrected chi connectivity index (χ3v) is 4.21. The lowest BCUT2D eigenvalue weighted by Gasteiger charge is -2.25. The minimum Gasteiger partial charge on any atom is -0.452 e. The number of rotatable bonds is 2. The Balaban J connectivity index is 1.50. The van der Waals surface area contributed by atoms with Crippen LogP contribution in [0.3, 0.4) is 0 Å². The number of carbonyl (C=O) groups is 2. The van der Waals surface area contributed by atoms with Gasteiger partial charge in [-0.05, 0) is 23.8 Å². The summed E-state index contributed by atoms with van der Waals surface area (Å²) in [5.41, 5.74) is 1.33. The Hall–Kier alpha value is -3.12. The van der Waals surface area contributed by atoms with E-state index in [0.29, 0.717) is 43.4 Å². The third-order valence-electron chi connectivity index (χ3n) is 4.21. The molecule has 0 aromatic heterocycles. The topological polar surface area (TPSA) is 65.1 Å². The predicted octanol–water partition coefficient (Wildman–Crippen LogP) is 3.13. The fraction of sp³-hybridized carbons (Fsp3) is 0.200. The summed E-state index contributed by atoms with van der Waals surface area (Å²) in [5.74, 6) is 0.802. The van der Waals surface area contributed by atoms with Crippen molar-refractivity contribution in [3.63, 3.8) is 0 Å². The second-order valence-corrected chi connectivity index (χ2v) is 5.98. The van der Waals surface area contributed by atoms with Gasteiger partial charge in [-0.3, -0.25) is 4.79 Å². The van der Waals surface area contributed by atoms with E-state index in [0.717, 1.165) is 5.56 Å². The van der Waals surface area contributed by atoms with Crippen molar-refractivity contribution in [1.82, 2.24) is 4.90 Å². The number of carbonyl (C=O) groups excluding carboxylic acids is 2. The van der Waals surface area contributed by atoms with Gasteiger partial charge in [-0.2, -0.15) is 0 Å². The van der Waals surface area contributed by atoms with Gasteiger partial charge in [0.05, 0.1) is 18.8 Å². The van der Waals surface area contributed by atoms with Crippen LogP contribution in [0.1, 0.15) is 15.9 Å². The van der Waals surface area contributed by atoms with E-state index >= 15 is 0 Å². The Labute approximate surface area is 150 Å². The summed E-state index contributed by atoms with van der Waals surface area (Å²) in [6, 6.07) is 14.3. The van der Waals surface area contributed by atoms with Gasteiger partial charge < -0.3 is 19.1 Å². The zero-order valence-corrected chi connectivity index (χ0v) is 14.0. The predicted molar refractivity (Wildman–Crippen MR) is 94.2 cm³/mol. The van der Waals surface area contributed by atoms with E-state index in [1.54, 1.807) is 29.2 Å². The molecule has 2 aromatic rings. The van der Waals surface area contributed by atoms with Gasteiger partial charge >= 0.3 is 6.09 Å². The highest BCUT2D eigenvalue weighted by Gasteiger charge is 2.28. The average Bonchev–Trinajstić information content (AvgIpc) is 2.98. The molecule has 0 unspecified atom stereocenters. The van der Waals surface area contributed by atoms with Crippen LogP contribution in [0.4, 0.5) is 4.79 Å². The van der Waals surface area contributed by atoms with Crippen molar-refractivity contribution < 1.29 is 23.8 Å². The Kier molecular flexibility index (Phi) is 4.41. The van der Waals surface area contributed by atoms with E-state index in [1.165, 1.54) is 0 Å². The number of allylic oxidation sites excluding steroid dienone is 1. The standard InChI is InChI=1S/C20H17NO5/c22-19-16-7-6-15(25-20(23)21-8-10-24-11-9-21)13-17(16)26-18(19)12-14-4-2-1-3-5-14/h1-7,12-13H,8-11H2/b18-12+. The summed E-state index contributed by atoms with van der Waals surface area (Å²) in [5, 5.41) is 0. The highest BCUT2D eigenvalue weighted by Crippen LogP contribution is 2.35. The molecule has 132 valence electrons. The number of benzene rings is 2. The number of nitrogens with zero attached hydrogens (tertiary/aromatic N) is 1. The quantitative estimate of drug-likeness (QED) is 0.778. The molecule has 1 fully saturated rings. The van der Waals surface area contributed by atoms with Crippen molar-refractivity contribution >= 4 is 18.0 Å². The summed E-state index contributed by atoms with van der Waals surface area (Å²) in [6.07, 6.45) is 1.26. The monoisotopic (exact) mass is 351 g/mol. The number of hydrogen-bond donors (Lipinski definition) is 0. The largest absolute Gasteiger partial charge is 0.452 e. The summed E-state index contributed by atoms with van der Waals surface area (Å²) >= 11 is 0. The summed E-state index contributed by atoms with van der Waals surface area (Å²) in [6.45, 7) is 2.01. The molecule has 26 heavy (non-hydrogen) atoms. The maximum atomic E-state index is 12.5. The fourth-order valence-electron chi connectivity index (χ4n) is 2.84. The number of morpholine rings is 1. The molecule has 4 rings (SSSR count). The number of amides is 1. The first kappa shape index (κ1) is 16.4. The average molecular weight is 351 g/mol. The minimum absolute atomic E-state index is 0.185. The van der Waals surface area contributed by atoms with E-state index in [1.807, 2.05) is 30.3 Å². The van der Waals surface area contributed by atoms with Crippen molar-refractivity contribution in [2.24, 2.45) is 0 Å². The molecule has 6 heteroatoms. The van der Waals surface area contributed by atoms with E-state index in [9.17, 15) is 9.59 Å². The molecule has 6 nitrogen and oxygen atoms in total. The van der Waals surface area contributed by atoms with Crippen molar-refractivity contribution in [3.8, 4) is 11.5 Å². The SMILES string of the molecule is O=C1/C(=C\c2ccccc2)Oc2cc(OC(=O)N3CCOCC3)ccc21. The first-order chi connectivity index (χ1) is 12.7. The van der Waals surface area contributed by atoms with Crippen LogP contribution in [0, 0.1) is 0 Å². The minimum atomic E-state index is -0.433. The number of ether oxygens (including phenoxy) is 3. The van der Waals surface area contributed by atoms with Crippen LogP contribution in [0.2, 0.25) is 0 Å². The van der Waals surface area contributed by atoms with Gasteiger partial charge in [-0.25, -0.2) is 4.79 Å². The van der Waals surface area contributed by atoms with Crippen LogP contribution < -0.4 is 9.47 Å². The highest BCUT2D eigenvalue weighted by molar-refractivity contribution is 6.14. The van der Waals surface area contributed by atoms with E-state index in [-0.39, 0.29) is 11.5 Å². The van der Waals surface area contributed by atoms with Gasteiger partial charge in [0.2, 0.25) is 5.78 Å². The number of ketones is 1. The first-order valence-electron chi connectivity index (χ1n) is 8.38.